The van der Waals surface area contributed by atoms with Crippen molar-refractivity contribution in [2.24, 2.45) is 5.16 Å². The van der Waals surface area contributed by atoms with E-state index < -0.39 is 11.9 Å². The summed E-state index contributed by atoms with van der Waals surface area (Å²) in [5, 5.41) is 21.6. The molecule has 0 bridgehead atoms. The standard InChI is InChI=1S/C9H8N2O4/c12-8(5-10-15)11-7-3-1-2-6(4-7)9(13)14/h1-5,15H,(H,11,12)(H,13,14)/b10-5-. The molecule has 0 saturated heterocycles. The SMILES string of the molecule is O=C(/C=N\O)Nc1cccc(C(=O)O)c1. The van der Waals surface area contributed by atoms with Gasteiger partial charge < -0.3 is 15.6 Å². The zero-order chi connectivity index (χ0) is 11.3. The third-order valence-electron chi connectivity index (χ3n) is 1.55. The third kappa shape index (κ3) is 3.11. The first-order valence-electron chi connectivity index (χ1n) is 3.95. The average Bonchev–Trinajstić information content (AvgIpc) is 2.18. The minimum atomic E-state index is -1.08. The van der Waals surface area contributed by atoms with E-state index in [0.29, 0.717) is 11.9 Å². The topological polar surface area (TPSA) is 99.0 Å². The molecule has 0 radical (unpaired) electrons. The molecule has 1 aromatic rings. The van der Waals surface area contributed by atoms with Crippen molar-refractivity contribution >= 4 is 23.8 Å². The zero-order valence-electron chi connectivity index (χ0n) is 7.54. The number of amides is 1. The molecule has 6 nitrogen and oxygen atoms in total. The number of rotatable bonds is 3. The number of carboxylic acids is 1. The molecular weight excluding hydrogens is 200 g/mol. The minimum Gasteiger partial charge on any atom is -0.478 e. The lowest BCUT2D eigenvalue weighted by atomic mass is 10.2. The van der Waals surface area contributed by atoms with Gasteiger partial charge in [0.25, 0.3) is 5.91 Å². The Kier molecular flexibility index (Phi) is 3.39. The van der Waals surface area contributed by atoms with Crippen LogP contribution in [0.4, 0.5) is 5.69 Å². The van der Waals surface area contributed by atoms with Crippen LogP contribution in [-0.4, -0.2) is 28.4 Å². The summed E-state index contributed by atoms with van der Waals surface area (Å²) in [6.07, 6.45) is 0.674. The van der Waals surface area contributed by atoms with Crippen molar-refractivity contribution in [3.05, 3.63) is 29.8 Å². The summed E-state index contributed by atoms with van der Waals surface area (Å²) in [4.78, 5) is 21.5. The van der Waals surface area contributed by atoms with Crippen molar-refractivity contribution < 1.29 is 19.9 Å². The van der Waals surface area contributed by atoms with Crippen LogP contribution in [-0.2, 0) is 4.79 Å². The summed E-state index contributed by atoms with van der Waals surface area (Å²) in [5.74, 6) is -1.72. The van der Waals surface area contributed by atoms with Gasteiger partial charge in [0.2, 0.25) is 0 Å². The lowest BCUT2D eigenvalue weighted by Crippen LogP contribution is -2.12. The fourth-order valence-electron chi connectivity index (χ4n) is 0.957. The van der Waals surface area contributed by atoms with Crippen LogP contribution in [0, 0.1) is 0 Å². The largest absolute Gasteiger partial charge is 0.478 e. The van der Waals surface area contributed by atoms with Crippen LogP contribution in [0.1, 0.15) is 10.4 Å². The Labute approximate surface area is 84.8 Å². The lowest BCUT2D eigenvalue weighted by molar-refractivity contribution is -0.110. The van der Waals surface area contributed by atoms with Gasteiger partial charge in [0.1, 0.15) is 6.21 Å². The highest BCUT2D eigenvalue weighted by Gasteiger charge is 2.04. The Morgan fingerprint density at radius 3 is 2.73 bits per heavy atom. The number of hydrogen-bond donors (Lipinski definition) is 3. The highest BCUT2D eigenvalue weighted by molar-refractivity contribution is 6.31. The highest BCUT2D eigenvalue weighted by Crippen LogP contribution is 2.10. The minimum absolute atomic E-state index is 0.0636. The smallest absolute Gasteiger partial charge is 0.335 e. The molecular formula is C9H8N2O4. The van der Waals surface area contributed by atoms with E-state index in [0.717, 1.165) is 0 Å². The molecule has 3 N–H and O–H groups in total. The molecule has 15 heavy (non-hydrogen) atoms. The van der Waals surface area contributed by atoms with Gasteiger partial charge in [-0.05, 0) is 18.2 Å². The quantitative estimate of drug-likeness (QED) is 0.388. The molecule has 0 aromatic heterocycles. The molecule has 0 atom stereocenters. The van der Waals surface area contributed by atoms with Gasteiger partial charge in [-0.1, -0.05) is 11.2 Å². The fraction of sp³-hybridized carbons (Fsp3) is 0. The van der Waals surface area contributed by atoms with Crippen LogP contribution >= 0.6 is 0 Å². The zero-order valence-corrected chi connectivity index (χ0v) is 7.54. The number of carboxylic acid groups (broad SMARTS) is 1. The maximum Gasteiger partial charge on any atom is 0.335 e. The predicted octanol–water partition coefficient (Wildman–Crippen LogP) is 0.783. The van der Waals surface area contributed by atoms with E-state index in [1.54, 1.807) is 0 Å². The van der Waals surface area contributed by atoms with Crippen LogP contribution in [0.3, 0.4) is 0 Å². The molecule has 0 heterocycles. The van der Waals surface area contributed by atoms with Gasteiger partial charge in [-0.3, -0.25) is 4.79 Å². The van der Waals surface area contributed by atoms with Crippen molar-refractivity contribution in [1.82, 2.24) is 0 Å². The molecule has 0 aliphatic carbocycles. The van der Waals surface area contributed by atoms with Gasteiger partial charge >= 0.3 is 5.97 Å². The summed E-state index contributed by atoms with van der Waals surface area (Å²) in [6.45, 7) is 0. The van der Waals surface area contributed by atoms with E-state index in [4.69, 9.17) is 10.3 Å². The maximum atomic E-state index is 10.9. The van der Waals surface area contributed by atoms with E-state index in [2.05, 4.69) is 10.5 Å². The second kappa shape index (κ2) is 4.75. The number of hydrogen-bond acceptors (Lipinski definition) is 4. The normalized spacial score (nSPS) is 10.1. The first-order chi connectivity index (χ1) is 7.13. The molecule has 78 valence electrons. The van der Waals surface area contributed by atoms with Gasteiger partial charge in [-0.25, -0.2) is 4.79 Å². The van der Waals surface area contributed by atoms with Gasteiger partial charge in [-0.15, -0.1) is 0 Å². The van der Waals surface area contributed by atoms with Crippen LogP contribution in [0.25, 0.3) is 0 Å². The van der Waals surface area contributed by atoms with Crippen molar-refractivity contribution in [3.63, 3.8) is 0 Å². The summed E-state index contributed by atoms with van der Waals surface area (Å²) in [5.41, 5.74) is 0.383. The summed E-state index contributed by atoms with van der Waals surface area (Å²) >= 11 is 0. The molecule has 1 aromatic carbocycles. The second-order valence-electron chi connectivity index (χ2n) is 2.62. The first kappa shape index (κ1) is 10.7. The van der Waals surface area contributed by atoms with Gasteiger partial charge in [0.15, 0.2) is 0 Å². The van der Waals surface area contributed by atoms with Gasteiger partial charge in [0, 0.05) is 5.69 Å². The lowest BCUT2D eigenvalue weighted by Gasteiger charge is -2.01. The van der Waals surface area contributed by atoms with Crippen molar-refractivity contribution in [2.45, 2.75) is 0 Å². The Morgan fingerprint density at radius 2 is 2.13 bits per heavy atom. The highest BCUT2D eigenvalue weighted by atomic mass is 16.4. The molecule has 6 heteroatoms. The third-order valence-corrected chi connectivity index (χ3v) is 1.55. The van der Waals surface area contributed by atoms with Crippen molar-refractivity contribution in [2.75, 3.05) is 5.32 Å². The van der Waals surface area contributed by atoms with Crippen molar-refractivity contribution in [3.8, 4) is 0 Å². The monoisotopic (exact) mass is 208 g/mol. The van der Waals surface area contributed by atoms with E-state index in [1.807, 2.05) is 0 Å². The molecule has 0 unspecified atom stereocenters. The van der Waals surface area contributed by atoms with E-state index in [-0.39, 0.29) is 5.56 Å². The van der Waals surface area contributed by atoms with Crippen LogP contribution in [0.15, 0.2) is 29.4 Å². The Bertz CT molecular complexity index is 414. The van der Waals surface area contributed by atoms with E-state index >= 15 is 0 Å². The molecule has 0 aliphatic rings. The van der Waals surface area contributed by atoms with Crippen LogP contribution in [0.2, 0.25) is 0 Å². The molecule has 1 amide bonds. The van der Waals surface area contributed by atoms with Crippen molar-refractivity contribution in [1.29, 1.82) is 0 Å². The Morgan fingerprint density at radius 1 is 1.40 bits per heavy atom. The molecule has 0 saturated carbocycles. The number of oxime groups is 1. The summed E-state index contributed by atoms with van der Waals surface area (Å²) < 4.78 is 0. The molecule has 0 aliphatic heterocycles. The average molecular weight is 208 g/mol. The predicted molar refractivity (Wildman–Crippen MR) is 52.3 cm³/mol. The first-order valence-corrected chi connectivity index (χ1v) is 3.95. The number of benzene rings is 1. The number of aromatic carboxylic acids is 1. The number of nitrogens with one attached hydrogen (secondary N) is 1. The second-order valence-corrected chi connectivity index (χ2v) is 2.62. The van der Waals surface area contributed by atoms with Crippen LogP contribution in [0.5, 0.6) is 0 Å². The number of carbonyl (C=O) groups is 2. The summed E-state index contributed by atoms with van der Waals surface area (Å²) in [7, 11) is 0. The number of carbonyl (C=O) groups excluding carboxylic acids is 1. The fourth-order valence-corrected chi connectivity index (χ4v) is 0.957. The van der Waals surface area contributed by atoms with Gasteiger partial charge in [-0.2, -0.15) is 0 Å². The Balaban J connectivity index is 2.82. The summed E-state index contributed by atoms with van der Waals surface area (Å²) in [6, 6.07) is 5.72. The van der Waals surface area contributed by atoms with Gasteiger partial charge in [0.05, 0.1) is 5.56 Å². The maximum absolute atomic E-state index is 10.9. The molecule has 0 spiro atoms. The molecule has 0 fully saturated rings. The number of nitrogens with zero attached hydrogens (tertiary/aromatic N) is 1. The Hall–Kier alpha value is -2.37. The number of anilines is 1. The van der Waals surface area contributed by atoms with E-state index in [1.165, 1.54) is 24.3 Å². The van der Waals surface area contributed by atoms with E-state index in [9.17, 15) is 9.59 Å². The molecule has 1 rings (SSSR count). The van der Waals surface area contributed by atoms with Crippen LogP contribution < -0.4 is 5.32 Å².